The molecule has 1 heterocycles. The van der Waals surface area contributed by atoms with Gasteiger partial charge in [0.25, 0.3) is 0 Å². The first-order chi connectivity index (χ1) is 8.99. The number of anilines is 1. The number of thiazole rings is 1. The van der Waals surface area contributed by atoms with Crippen molar-refractivity contribution in [1.29, 1.82) is 0 Å². The van der Waals surface area contributed by atoms with Crippen LogP contribution < -0.4 is 4.90 Å². The van der Waals surface area contributed by atoms with Crippen LogP contribution in [0.15, 0.2) is 0 Å². The normalized spacial score (nSPS) is 16.2. The van der Waals surface area contributed by atoms with E-state index in [1.165, 1.54) is 37.0 Å². The van der Waals surface area contributed by atoms with Gasteiger partial charge in [0.15, 0.2) is 10.8 Å². The highest BCUT2D eigenvalue weighted by molar-refractivity contribution is 7.15. The Kier molecular flexibility index (Phi) is 4.45. The molecule has 0 aliphatic heterocycles. The summed E-state index contributed by atoms with van der Waals surface area (Å²) in [7, 11) is 0. The van der Waals surface area contributed by atoms with E-state index in [-0.39, 0.29) is 5.69 Å². The van der Waals surface area contributed by atoms with Crippen molar-refractivity contribution in [3.05, 3.63) is 10.6 Å². The van der Waals surface area contributed by atoms with E-state index in [1.807, 2.05) is 6.92 Å². The lowest BCUT2D eigenvalue weighted by Gasteiger charge is -2.30. The number of carbonyl (C=O) groups is 1. The van der Waals surface area contributed by atoms with E-state index in [9.17, 15) is 4.79 Å². The summed E-state index contributed by atoms with van der Waals surface area (Å²) in [6, 6.07) is 0.537. The smallest absolute Gasteiger partial charge is 0.355 e. The highest BCUT2D eigenvalue weighted by Crippen LogP contribution is 2.33. The minimum absolute atomic E-state index is 0.215. The van der Waals surface area contributed by atoms with Crippen LogP contribution in [0.3, 0.4) is 0 Å². The van der Waals surface area contributed by atoms with Gasteiger partial charge in [-0.15, -0.1) is 11.3 Å². The van der Waals surface area contributed by atoms with E-state index >= 15 is 0 Å². The molecule has 1 aliphatic carbocycles. The Morgan fingerprint density at radius 2 is 2.11 bits per heavy atom. The largest absolute Gasteiger partial charge is 0.476 e. The molecule has 1 aliphatic rings. The summed E-state index contributed by atoms with van der Waals surface area (Å²) >= 11 is 1.51. The monoisotopic (exact) mass is 282 g/mol. The van der Waals surface area contributed by atoms with E-state index in [2.05, 4.69) is 23.7 Å². The number of hydrogen-bond donors (Lipinski definition) is 1. The van der Waals surface area contributed by atoms with Gasteiger partial charge in [-0.1, -0.05) is 26.7 Å². The van der Waals surface area contributed by atoms with Crippen LogP contribution in [0.25, 0.3) is 0 Å². The van der Waals surface area contributed by atoms with Crippen LogP contribution in [0.4, 0.5) is 5.13 Å². The Bertz CT molecular complexity index is 450. The average Bonchev–Trinajstić information content (AvgIpc) is 2.94. The van der Waals surface area contributed by atoms with Gasteiger partial charge in [-0.25, -0.2) is 9.78 Å². The standard InChI is InChI=1S/C14H22N2O2S/c1-9(2)8-16(11-6-4-5-7-11)14-15-12(13(17)18)10(3)19-14/h9,11H,4-8H2,1-3H3,(H,17,18). The second-order valence-electron chi connectivity index (χ2n) is 5.69. The van der Waals surface area contributed by atoms with Crippen LogP contribution in [0.5, 0.6) is 0 Å². The third kappa shape index (κ3) is 3.26. The van der Waals surface area contributed by atoms with Gasteiger partial charge < -0.3 is 10.0 Å². The third-order valence-electron chi connectivity index (χ3n) is 3.56. The fourth-order valence-corrected chi connectivity index (χ4v) is 3.68. The van der Waals surface area contributed by atoms with E-state index < -0.39 is 5.97 Å². The molecular weight excluding hydrogens is 260 g/mol. The van der Waals surface area contributed by atoms with Crippen LogP contribution in [0, 0.1) is 12.8 Å². The van der Waals surface area contributed by atoms with Crippen molar-refractivity contribution in [2.75, 3.05) is 11.4 Å². The summed E-state index contributed by atoms with van der Waals surface area (Å²) in [5, 5.41) is 10.0. The maximum Gasteiger partial charge on any atom is 0.355 e. The zero-order valence-electron chi connectivity index (χ0n) is 11.8. The molecule has 1 saturated carbocycles. The molecule has 0 amide bonds. The second-order valence-corrected chi connectivity index (χ2v) is 6.87. The molecule has 1 aromatic heterocycles. The van der Waals surface area contributed by atoms with Gasteiger partial charge in [0.1, 0.15) is 0 Å². The van der Waals surface area contributed by atoms with Gasteiger partial charge in [0, 0.05) is 17.5 Å². The van der Waals surface area contributed by atoms with Crippen molar-refractivity contribution in [3.63, 3.8) is 0 Å². The third-order valence-corrected chi connectivity index (χ3v) is 4.57. The molecule has 0 bridgehead atoms. The molecule has 0 atom stereocenters. The number of nitrogens with zero attached hydrogens (tertiary/aromatic N) is 2. The first-order valence-electron chi connectivity index (χ1n) is 6.96. The molecular formula is C14H22N2O2S. The molecule has 1 fully saturated rings. The summed E-state index contributed by atoms with van der Waals surface area (Å²) < 4.78 is 0. The van der Waals surface area contributed by atoms with Crippen molar-refractivity contribution in [2.45, 2.75) is 52.5 Å². The molecule has 1 N–H and O–H groups in total. The predicted octanol–water partition coefficient (Wildman–Crippen LogP) is 3.55. The molecule has 0 saturated heterocycles. The SMILES string of the molecule is Cc1sc(N(CC(C)C)C2CCCC2)nc1C(=O)O. The van der Waals surface area contributed by atoms with Crippen molar-refractivity contribution in [1.82, 2.24) is 4.98 Å². The lowest BCUT2D eigenvalue weighted by molar-refractivity contribution is 0.0690. The molecule has 19 heavy (non-hydrogen) atoms. The van der Waals surface area contributed by atoms with Crippen LogP contribution in [0.2, 0.25) is 0 Å². The number of carboxylic acids is 1. The van der Waals surface area contributed by atoms with Gasteiger partial charge in [-0.2, -0.15) is 0 Å². The number of carboxylic acid groups (broad SMARTS) is 1. The molecule has 0 aromatic carbocycles. The van der Waals surface area contributed by atoms with E-state index in [0.717, 1.165) is 16.6 Å². The Balaban J connectivity index is 2.26. The van der Waals surface area contributed by atoms with Gasteiger partial charge in [-0.05, 0) is 25.7 Å². The summed E-state index contributed by atoms with van der Waals surface area (Å²) in [5.41, 5.74) is 0.215. The highest BCUT2D eigenvalue weighted by Gasteiger charge is 2.27. The Morgan fingerprint density at radius 1 is 1.47 bits per heavy atom. The lowest BCUT2D eigenvalue weighted by atomic mass is 10.1. The maximum absolute atomic E-state index is 11.1. The minimum Gasteiger partial charge on any atom is -0.476 e. The number of aromatic carboxylic acids is 1. The van der Waals surface area contributed by atoms with Gasteiger partial charge in [-0.3, -0.25) is 0 Å². The lowest BCUT2D eigenvalue weighted by Crippen LogP contribution is -2.36. The van der Waals surface area contributed by atoms with Crippen molar-refractivity contribution in [3.8, 4) is 0 Å². The molecule has 1 aromatic rings. The zero-order valence-corrected chi connectivity index (χ0v) is 12.7. The number of aryl methyl sites for hydroxylation is 1. The zero-order chi connectivity index (χ0) is 14.0. The Morgan fingerprint density at radius 3 is 2.58 bits per heavy atom. The highest BCUT2D eigenvalue weighted by atomic mass is 32.1. The Hall–Kier alpha value is -1.10. The van der Waals surface area contributed by atoms with Crippen LogP contribution in [-0.4, -0.2) is 28.6 Å². The predicted molar refractivity (Wildman–Crippen MR) is 78.3 cm³/mol. The van der Waals surface area contributed by atoms with Gasteiger partial charge in [0.05, 0.1) is 0 Å². The molecule has 0 radical (unpaired) electrons. The molecule has 0 unspecified atom stereocenters. The summed E-state index contributed by atoms with van der Waals surface area (Å²) in [6.45, 7) is 7.19. The number of aromatic nitrogens is 1. The quantitative estimate of drug-likeness (QED) is 0.897. The van der Waals surface area contributed by atoms with Crippen LogP contribution >= 0.6 is 11.3 Å². The van der Waals surface area contributed by atoms with Crippen molar-refractivity contribution in [2.24, 2.45) is 5.92 Å². The topological polar surface area (TPSA) is 53.4 Å². The molecule has 5 heteroatoms. The number of rotatable bonds is 5. The van der Waals surface area contributed by atoms with Crippen molar-refractivity contribution >= 4 is 22.4 Å². The van der Waals surface area contributed by atoms with Crippen molar-refractivity contribution < 1.29 is 9.90 Å². The molecule has 0 spiro atoms. The average molecular weight is 282 g/mol. The first-order valence-corrected chi connectivity index (χ1v) is 7.78. The van der Waals surface area contributed by atoms with Crippen LogP contribution in [0.1, 0.15) is 54.9 Å². The number of hydrogen-bond acceptors (Lipinski definition) is 4. The fraction of sp³-hybridized carbons (Fsp3) is 0.714. The van der Waals surface area contributed by atoms with Gasteiger partial charge in [0.2, 0.25) is 0 Å². The van der Waals surface area contributed by atoms with E-state index in [0.29, 0.717) is 12.0 Å². The second kappa shape index (κ2) is 5.90. The minimum atomic E-state index is -0.920. The molecule has 106 valence electrons. The maximum atomic E-state index is 11.1. The molecule has 2 rings (SSSR count). The van der Waals surface area contributed by atoms with Crippen LogP contribution in [-0.2, 0) is 0 Å². The van der Waals surface area contributed by atoms with E-state index in [1.54, 1.807) is 0 Å². The molecule has 4 nitrogen and oxygen atoms in total. The first kappa shape index (κ1) is 14.3. The van der Waals surface area contributed by atoms with Gasteiger partial charge >= 0.3 is 5.97 Å². The van der Waals surface area contributed by atoms with E-state index in [4.69, 9.17) is 5.11 Å². The Labute approximate surface area is 118 Å². The summed E-state index contributed by atoms with van der Waals surface area (Å²) in [5.74, 6) is -0.367. The summed E-state index contributed by atoms with van der Waals surface area (Å²) in [6.07, 6.45) is 4.95. The fourth-order valence-electron chi connectivity index (χ4n) is 2.70. The summed E-state index contributed by atoms with van der Waals surface area (Å²) in [4.78, 5) is 18.6.